The first-order valence-electron chi connectivity index (χ1n) is 10.7. The van der Waals surface area contributed by atoms with Gasteiger partial charge in [0, 0.05) is 25.3 Å². The van der Waals surface area contributed by atoms with Crippen LogP contribution in [0.1, 0.15) is 5.56 Å². The Morgan fingerprint density at radius 2 is 1.76 bits per heavy atom. The first kappa shape index (κ1) is 25.9. The number of carbonyl (C=O) groups is 1. The van der Waals surface area contributed by atoms with Gasteiger partial charge in [-0.1, -0.05) is 17.8 Å². The van der Waals surface area contributed by atoms with E-state index in [4.69, 9.17) is 4.74 Å². The number of hydrogen-bond acceptors (Lipinski definition) is 7. The van der Waals surface area contributed by atoms with Crippen molar-refractivity contribution in [3.63, 3.8) is 0 Å². The number of hydrogen-bond donors (Lipinski definition) is 1. The lowest BCUT2D eigenvalue weighted by Gasteiger charge is -2.13. The molecule has 0 fully saturated rings. The summed E-state index contributed by atoms with van der Waals surface area (Å²) in [5, 5.41) is 2.61. The molecule has 0 spiro atoms. The fraction of sp³-hybridized carbons (Fsp3) is 0.208. The second-order valence-corrected chi connectivity index (χ2v) is 8.86. The summed E-state index contributed by atoms with van der Waals surface area (Å²) >= 11 is 0.902. The molecule has 13 heteroatoms. The first-order valence-corrected chi connectivity index (χ1v) is 11.7. The molecule has 4 rings (SSSR count). The summed E-state index contributed by atoms with van der Waals surface area (Å²) in [4.78, 5) is 46.9. The van der Waals surface area contributed by atoms with E-state index >= 15 is 0 Å². The molecule has 0 atom stereocenters. The van der Waals surface area contributed by atoms with Gasteiger partial charge in [0.25, 0.3) is 5.56 Å². The van der Waals surface area contributed by atoms with Crippen molar-refractivity contribution in [3.8, 4) is 17.1 Å². The quantitative estimate of drug-likeness (QED) is 0.300. The number of anilines is 1. The van der Waals surface area contributed by atoms with E-state index in [-0.39, 0.29) is 33.3 Å². The number of amides is 1. The molecule has 9 nitrogen and oxygen atoms in total. The Hall–Kier alpha value is -4.13. The smallest absolute Gasteiger partial charge is 0.416 e. The number of aromatic nitrogens is 4. The van der Waals surface area contributed by atoms with Crippen molar-refractivity contribution in [1.82, 2.24) is 19.1 Å². The molecule has 2 aromatic carbocycles. The van der Waals surface area contributed by atoms with Crippen LogP contribution in [0.2, 0.25) is 0 Å². The number of nitrogens with zero attached hydrogens (tertiary/aromatic N) is 4. The van der Waals surface area contributed by atoms with Crippen molar-refractivity contribution in [2.45, 2.75) is 11.2 Å². The average Bonchev–Trinajstić information content (AvgIpc) is 2.88. The van der Waals surface area contributed by atoms with Gasteiger partial charge in [0.05, 0.1) is 18.4 Å². The third-order valence-corrected chi connectivity index (χ3v) is 6.40. The molecule has 2 heterocycles. The highest BCUT2D eigenvalue weighted by atomic mass is 32.2. The van der Waals surface area contributed by atoms with Gasteiger partial charge >= 0.3 is 11.9 Å². The van der Waals surface area contributed by atoms with E-state index in [1.807, 2.05) is 0 Å². The highest BCUT2D eigenvalue weighted by Gasteiger charge is 2.30. The van der Waals surface area contributed by atoms with Crippen molar-refractivity contribution in [2.75, 3.05) is 18.2 Å². The predicted molar refractivity (Wildman–Crippen MR) is 133 cm³/mol. The standard InChI is InChI=1S/C24H20F3N5O4S/c1-31-20-18(22(34)32(2)23(31)35)21(30-19(29-20)13-7-9-16(36-3)10-8-13)37-12-17(33)28-15-6-4-5-14(11-15)24(25,26)27/h4-11H,12H2,1-3H3,(H,28,33). The molecule has 0 bridgehead atoms. The van der Waals surface area contributed by atoms with Crippen LogP contribution in [0.3, 0.4) is 0 Å². The third-order valence-electron chi connectivity index (χ3n) is 5.43. The fourth-order valence-corrected chi connectivity index (χ4v) is 4.32. The number of carbonyl (C=O) groups excluding carboxylic acids is 1. The molecule has 37 heavy (non-hydrogen) atoms. The van der Waals surface area contributed by atoms with E-state index in [2.05, 4.69) is 15.3 Å². The van der Waals surface area contributed by atoms with Gasteiger partial charge in [-0.15, -0.1) is 0 Å². The lowest BCUT2D eigenvalue weighted by atomic mass is 10.2. The average molecular weight is 532 g/mol. The highest BCUT2D eigenvalue weighted by Crippen LogP contribution is 2.31. The van der Waals surface area contributed by atoms with Crippen LogP contribution in [0.25, 0.3) is 22.4 Å². The molecule has 0 unspecified atom stereocenters. The zero-order valence-electron chi connectivity index (χ0n) is 19.8. The van der Waals surface area contributed by atoms with Gasteiger partial charge in [0.1, 0.15) is 16.2 Å². The van der Waals surface area contributed by atoms with Crippen LogP contribution in [0.15, 0.2) is 63.1 Å². The number of ether oxygens (including phenoxy) is 1. The number of aryl methyl sites for hydroxylation is 1. The van der Waals surface area contributed by atoms with Crippen molar-refractivity contribution >= 4 is 34.4 Å². The van der Waals surface area contributed by atoms with Crippen LogP contribution in [0.4, 0.5) is 18.9 Å². The number of benzene rings is 2. The molecule has 192 valence electrons. The Bertz CT molecular complexity index is 1610. The highest BCUT2D eigenvalue weighted by molar-refractivity contribution is 8.00. The maximum atomic E-state index is 13.0. The summed E-state index contributed by atoms with van der Waals surface area (Å²) in [6.45, 7) is 0. The number of thioether (sulfide) groups is 1. The van der Waals surface area contributed by atoms with Crippen molar-refractivity contribution in [3.05, 3.63) is 74.9 Å². The molecule has 0 saturated heterocycles. The molecule has 0 aliphatic rings. The van der Waals surface area contributed by atoms with Crippen molar-refractivity contribution in [2.24, 2.45) is 14.1 Å². The van der Waals surface area contributed by atoms with Crippen molar-refractivity contribution < 1.29 is 22.7 Å². The zero-order valence-corrected chi connectivity index (χ0v) is 20.6. The second kappa shape index (κ2) is 10.1. The Kier molecular flexibility index (Phi) is 7.07. The Balaban J connectivity index is 1.71. The lowest BCUT2D eigenvalue weighted by Crippen LogP contribution is -2.37. The van der Waals surface area contributed by atoms with Gasteiger partial charge in [0.2, 0.25) is 5.91 Å². The summed E-state index contributed by atoms with van der Waals surface area (Å²) in [7, 11) is 4.30. The van der Waals surface area contributed by atoms with Gasteiger partial charge in [0.15, 0.2) is 11.5 Å². The zero-order chi connectivity index (χ0) is 26.9. The lowest BCUT2D eigenvalue weighted by molar-refractivity contribution is -0.137. The summed E-state index contributed by atoms with van der Waals surface area (Å²) < 4.78 is 46.2. The number of halogens is 3. The normalized spacial score (nSPS) is 11.5. The van der Waals surface area contributed by atoms with Gasteiger partial charge < -0.3 is 10.1 Å². The maximum absolute atomic E-state index is 13.0. The Labute approximate surface area is 211 Å². The molecular weight excluding hydrogens is 511 g/mol. The molecule has 4 aromatic rings. The summed E-state index contributed by atoms with van der Waals surface area (Å²) in [6, 6.07) is 11.1. The van der Waals surface area contributed by atoms with Crippen LogP contribution in [0, 0.1) is 0 Å². The van der Waals surface area contributed by atoms with Crippen LogP contribution in [0.5, 0.6) is 5.75 Å². The van der Waals surface area contributed by atoms with E-state index in [0.717, 1.165) is 28.5 Å². The van der Waals surface area contributed by atoms with Gasteiger partial charge in [-0.25, -0.2) is 14.8 Å². The molecule has 0 radical (unpaired) electrons. The minimum absolute atomic E-state index is 0.0230. The van der Waals surface area contributed by atoms with E-state index in [0.29, 0.717) is 11.3 Å². The SMILES string of the molecule is COc1ccc(-c2nc(SCC(=O)Nc3cccc(C(F)(F)F)c3)c3c(=O)n(C)c(=O)n(C)c3n2)cc1. The fourth-order valence-electron chi connectivity index (χ4n) is 3.51. The first-order chi connectivity index (χ1) is 17.5. The number of alkyl halides is 3. The molecular formula is C24H20F3N5O4S. The molecule has 1 N–H and O–H groups in total. The summed E-state index contributed by atoms with van der Waals surface area (Å²) in [5.41, 5.74) is -1.49. The van der Waals surface area contributed by atoms with Crippen LogP contribution >= 0.6 is 11.8 Å². The number of nitrogens with one attached hydrogen (secondary N) is 1. The summed E-state index contributed by atoms with van der Waals surface area (Å²) in [5.74, 6) is -0.0641. The van der Waals surface area contributed by atoms with E-state index in [1.165, 1.54) is 37.9 Å². The molecule has 2 aromatic heterocycles. The number of methoxy groups -OCH3 is 1. The maximum Gasteiger partial charge on any atom is 0.416 e. The predicted octanol–water partition coefficient (Wildman–Crippen LogP) is 3.45. The largest absolute Gasteiger partial charge is 0.497 e. The molecule has 1 amide bonds. The Morgan fingerprint density at radius 1 is 1.05 bits per heavy atom. The van der Waals surface area contributed by atoms with Gasteiger partial charge in [-0.2, -0.15) is 13.2 Å². The molecule has 0 saturated carbocycles. The van der Waals surface area contributed by atoms with Gasteiger partial charge in [-0.05, 0) is 42.5 Å². The van der Waals surface area contributed by atoms with E-state index < -0.39 is 28.9 Å². The monoisotopic (exact) mass is 531 g/mol. The van der Waals surface area contributed by atoms with E-state index in [9.17, 15) is 27.6 Å². The third kappa shape index (κ3) is 5.35. The van der Waals surface area contributed by atoms with Crippen LogP contribution in [-0.4, -0.2) is 37.9 Å². The van der Waals surface area contributed by atoms with Crippen LogP contribution in [-0.2, 0) is 25.1 Å². The molecule has 0 aliphatic heterocycles. The second-order valence-electron chi connectivity index (χ2n) is 7.90. The van der Waals surface area contributed by atoms with E-state index in [1.54, 1.807) is 24.3 Å². The minimum Gasteiger partial charge on any atom is -0.497 e. The van der Waals surface area contributed by atoms with Gasteiger partial charge in [-0.3, -0.25) is 18.7 Å². The summed E-state index contributed by atoms with van der Waals surface area (Å²) in [6.07, 6.45) is -4.55. The number of fused-ring (bicyclic) bond motifs is 1. The van der Waals surface area contributed by atoms with Crippen LogP contribution < -0.4 is 21.3 Å². The number of rotatable bonds is 6. The molecule has 0 aliphatic carbocycles. The topological polar surface area (TPSA) is 108 Å². The Morgan fingerprint density at radius 3 is 2.41 bits per heavy atom. The minimum atomic E-state index is -4.55. The van der Waals surface area contributed by atoms with Crippen molar-refractivity contribution in [1.29, 1.82) is 0 Å².